The Hall–Kier alpha value is -1.79. The average molecular weight is 363 g/mol. The van der Waals surface area contributed by atoms with Crippen molar-refractivity contribution in [2.45, 2.75) is 19.4 Å². The van der Waals surface area contributed by atoms with Crippen LogP contribution in [0.2, 0.25) is 0 Å². The second-order valence-electron chi connectivity index (χ2n) is 6.91. The topological polar surface area (TPSA) is 49.3 Å². The van der Waals surface area contributed by atoms with Gasteiger partial charge in [0.15, 0.2) is 5.96 Å². The molecular weight excluding hydrogens is 328 g/mol. The van der Waals surface area contributed by atoms with E-state index < -0.39 is 0 Å². The van der Waals surface area contributed by atoms with Crippen LogP contribution in [0.4, 0.5) is 0 Å². The molecule has 0 amide bonds. The van der Waals surface area contributed by atoms with Crippen molar-refractivity contribution < 1.29 is 9.47 Å². The Morgan fingerprint density at radius 2 is 1.92 bits per heavy atom. The smallest absolute Gasteiger partial charge is 0.193 e. The number of benzene rings is 1. The van der Waals surface area contributed by atoms with Gasteiger partial charge in [-0.05, 0) is 49.5 Å². The van der Waals surface area contributed by atoms with Gasteiger partial charge in [0, 0.05) is 40.8 Å². The molecule has 1 saturated heterocycles. The summed E-state index contributed by atoms with van der Waals surface area (Å²) in [6.07, 6.45) is 2.46. The number of aliphatic imine (C=N–C) groups is 1. The second-order valence-corrected chi connectivity index (χ2v) is 6.91. The number of ether oxygens (including phenoxy) is 2. The maximum Gasteiger partial charge on any atom is 0.193 e. The standard InChI is InChI=1S/C20H34N4O2/c1-21-20(23(2)16-18-5-7-19(26-4)8-6-18)22-15-17-9-11-24(12-10-17)13-14-25-3/h5-8,17H,9-16H2,1-4H3,(H,21,22). The maximum absolute atomic E-state index is 5.22. The van der Waals surface area contributed by atoms with Crippen LogP contribution in [0.1, 0.15) is 18.4 Å². The Bertz CT molecular complexity index is 539. The fourth-order valence-electron chi connectivity index (χ4n) is 3.33. The van der Waals surface area contributed by atoms with E-state index in [-0.39, 0.29) is 0 Å². The molecule has 0 aliphatic carbocycles. The lowest BCUT2D eigenvalue weighted by atomic mass is 9.97. The van der Waals surface area contributed by atoms with Crippen molar-refractivity contribution in [1.29, 1.82) is 0 Å². The minimum Gasteiger partial charge on any atom is -0.497 e. The van der Waals surface area contributed by atoms with Gasteiger partial charge in [-0.3, -0.25) is 4.99 Å². The third kappa shape index (κ3) is 6.50. The lowest BCUT2D eigenvalue weighted by Crippen LogP contribution is -2.43. The number of nitrogens with one attached hydrogen (secondary N) is 1. The number of likely N-dealkylation sites (tertiary alicyclic amines) is 1. The van der Waals surface area contributed by atoms with Crippen LogP contribution in [0, 0.1) is 5.92 Å². The first-order valence-electron chi connectivity index (χ1n) is 9.42. The Labute approximate surface area is 158 Å². The Morgan fingerprint density at radius 1 is 1.23 bits per heavy atom. The fourth-order valence-corrected chi connectivity index (χ4v) is 3.33. The summed E-state index contributed by atoms with van der Waals surface area (Å²) in [6.45, 7) is 6.00. The summed E-state index contributed by atoms with van der Waals surface area (Å²) in [5.41, 5.74) is 1.24. The summed E-state index contributed by atoms with van der Waals surface area (Å²) in [6, 6.07) is 8.18. The molecule has 26 heavy (non-hydrogen) atoms. The molecule has 1 fully saturated rings. The number of guanidine groups is 1. The van der Waals surface area contributed by atoms with Crippen molar-refractivity contribution in [3.8, 4) is 5.75 Å². The summed E-state index contributed by atoms with van der Waals surface area (Å²) < 4.78 is 10.4. The molecule has 0 bridgehead atoms. The van der Waals surface area contributed by atoms with E-state index in [9.17, 15) is 0 Å². The molecule has 0 radical (unpaired) electrons. The summed E-state index contributed by atoms with van der Waals surface area (Å²) in [7, 11) is 7.38. The number of rotatable bonds is 8. The molecule has 1 N–H and O–H groups in total. The van der Waals surface area contributed by atoms with Crippen molar-refractivity contribution in [1.82, 2.24) is 15.1 Å². The third-order valence-electron chi connectivity index (χ3n) is 5.02. The average Bonchev–Trinajstić information content (AvgIpc) is 2.68. The van der Waals surface area contributed by atoms with E-state index in [1.807, 2.05) is 19.2 Å². The molecule has 2 rings (SSSR count). The highest BCUT2D eigenvalue weighted by Crippen LogP contribution is 2.16. The first-order chi connectivity index (χ1) is 12.7. The summed E-state index contributed by atoms with van der Waals surface area (Å²) in [5, 5.41) is 3.55. The molecule has 146 valence electrons. The van der Waals surface area contributed by atoms with Gasteiger partial charge in [0.05, 0.1) is 13.7 Å². The monoisotopic (exact) mass is 362 g/mol. The summed E-state index contributed by atoms with van der Waals surface area (Å²) >= 11 is 0. The molecule has 6 nitrogen and oxygen atoms in total. The Morgan fingerprint density at radius 3 is 2.50 bits per heavy atom. The number of nitrogens with zero attached hydrogens (tertiary/aromatic N) is 3. The minimum atomic E-state index is 0.708. The van der Waals surface area contributed by atoms with Gasteiger partial charge in [-0.15, -0.1) is 0 Å². The highest BCUT2D eigenvalue weighted by atomic mass is 16.5. The van der Waals surface area contributed by atoms with E-state index in [1.165, 1.54) is 18.4 Å². The van der Waals surface area contributed by atoms with Gasteiger partial charge in [0.25, 0.3) is 0 Å². The van der Waals surface area contributed by atoms with Crippen LogP contribution in [0.3, 0.4) is 0 Å². The van der Waals surface area contributed by atoms with E-state index in [2.05, 4.69) is 39.3 Å². The first-order valence-corrected chi connectivity index (χ1v) is 9.42. The fraction of sp³-hybridized carbons (Fsp3) is 0.650. The molecule has 1 aromatic rings. The SMILES string of the molecule is CN=C(NCC1CCN(CCOC)CC1)N(C)Cc1ccc(OC)cc1. The van der Waals surface area contributed by atoms with Gasteiger partial charge in [-0.1, -0.05) is 12.1 Å². The predicted molar refractivity (Wildman–Crippen MR) is 107 cm³/mol. The highest BCUT2D eigenvalue weighted by molar-refractivity contribution is 5.79. The van der Waals surface area contributed by atoms with Gasteiger partial charge >= 0.3 is 0 Å². The van der Waals surface area contributed by atoms with Crippen molar-refractivity contribution in [2.24, 2.45) is 10.9 Å². The van der Waals surface area contributed by atoms with Gasteiger partial charge < -0.3 is 24.6 Å². The second kappa shape index (κ2) is 11.0. The number of piperidine rings is 1. The quantitative estimate of drug-likeness (QED) is 0.567. The number of methoxy groups -OCH3 is 2. The molecule has 0 saturated carbocycles. The summed E-state index contributed by atoms with van der Waals surface area (Å²) in [4.78, 5) is 9.09. The van der Waals surface area contributed by atoms with Crippen LogP contribution < -0.4 is 10.1 Å². The third-order valence-corrected chi connectivity index (χ3v) is 5.02. The maximum atomic E-state index is 5.22. The number of hydrogen-bond acceptors (Lipinski definition) is 4. The van der Waals surface area contributed by atoms with Crippen molar-refractivity contribution in [2.75, 3.05) is 61.1 Å². The van der Waals surface area contributed by atoms with E-state index in [0.29, 0.717) is 5.92 Å². The van der Waals surface area contributed by atoms with Crippen LogP contribution in [-0.4, -0.2) is 76.9 Å². The lowest BCUT2D eigenvalue weighted by Gasteiger charge is -2.32. The van der Waals surface area contributed by atoms with E-state index >= 15 is 0 Å². The molecule has 1 aliphatic heterocycles. The molecule has 0 spiro atoms. The zero-order valence-electron chi connectivity index (χ0n) is 16.7. The Kier molecular flexibility index (Phi) is 8.71. The van der Waals surface area contributed by atoms with Crippen LogP contribution in [0.25, 0.3) is 0 Å². The largest absolute Gasteiger partial charge is 0.497 e. The van der Waals surface area contributed by atoms with E-state index in [4.69, 9.17) is 9.47 Å². The van der Waals surface area contributed by atoms with Crippen molar-refractivity contribution in [3.63, 3.8) is 0 Å². The summed E-state index contributed by atoms with van der Waals surface area (Å²) in [5.74, 6) is 2.54. The van der Waals surface area contributed by atoms with Crippen molar-refractivity contribution >= 4 is 5.96 Å². The van der Waals surface area contributed by atoms with Crippen LogP contribution in [0.15, 0.2) is 29.3 Å². The molecular formula is C20H34N4O2. The highest BCUT2D eigenvalue weighted by Gasteiger charge is 2.19. The minimum absolute atomic E-state index is 0.708. The molecule has 1 heterocycles. The zero-order chi connectivity index (χ0) is 18.8. The normalized spacial score (nSPS) is 16.5. The van der Waals surface area contributed by atoms with Crippen molar-refractivity contribution in [3.05, 3.63) is 29.8 Å². The lowest BCUT2D eigenvalue weighted by molar-refractivity contribution is 0.120. The molecule has 1 aromatic carbocycles. The molecule has 0 atom stereocenters. The molecule has 0 unspecified atom stereocenters. The van der Waals surface area contributed by atoms with Gasteiger partial charge in [0.1, 0.15) is 5.75 Å². The van der Waals surface area contributed by atoms with E-state index in [1.54, 1.807) is 14.2 Å². The van der Waals surface area contributed by atoms with Crippen LogP contribution >= 0.6 is 0 Å². The Balaban J connectivity index is 1.74. The molecule has 1 aliphatic rings. The van der Waals surface area contributed by atoms with Crippen LogP contribution in [0.5, 0.6) is 5.75 Å². The van der Waals surface area contributed by atoms with E-state index in [0.717, 1.165) is 51.0 Å². The number of hydrogen-bond donors (Lipinski definition) is 1. The molecule has 6 heteroatoms. The van der Waals surface area contributed by atoms with Gasteiger partial charge in [-0.2, -0.15) is 0 Å². The predicted octanol–water partition coefficient (Wildman–Crippen LogP) is 2.06. The van der Waals surface area contributed by atoms with Crippen LogP contribution in [-0.2, 0) is 11.3 Å². The first kappa shape index (κ1) is 20.5. The van der Waals surface area contributed by atoms with Gasteiger partial charge in [-0.25, -0.2) is 0 Å². The zero-order valence-corrected chi connectivity index (χ0v) is 16.7. The van der Waals surface area contributed by atoms with Gasteiger partial charge in [0.2, 0.25) is 0 Å². The molecule has 0 aromatic heterocycles.